The molecule has 8 nitrogen and oxygen atoms in total. The van der Waals surface area contributed by atoms with Crippen LogP contribution in [-0.4, -0.2) is 78.3 Å². The Morgan fingerprint density at radius 1 is 0.500 bits per heavy atom. The SMILES string of the molecule is c1cc(OCC2CO2)ccc1OCCOCCOCCOc1ccc(OCC2CO2)cc1. The van der Waals surface area contributed by atoms with Gasteiger partial charge in [0.1, 0.15) is 61.6 Å². The monoisotopic (exact) mass is 446 g/mol. The normalized spacial score (nSPS) is 18.8. The first-order valence-corrected chi connectivity index (χ1v) is 11.0. The van der Waals surface area contributed by atoms with E-state index in [0.717, 1.165) is 36.2 Å². The van der Waals surface area contributed by atoms with Crippen molar-refractivity contribution in [1.29, 1.82) is 0 Å². The second kappa shape index (κ2) is 12.5. The van der Waals surface area contributed by atoms with Gasteiger partial charge in [0.25, 0.3) is 0 Å². The average Bonchev–Trinajstić information content (AvgIpc) is 3.74. The zero-order valence-corrected chi connectivity index (χ0v) is 18.1. The molecular formula is C24H30O8. The van der Waals surface area contributed by atoms with Crippen LogP contribution in [-0.2, 0) is 18.9 Å². The minimum Gasteiger partial charge on any atom is -0.491 e. The maximum absolute atomic E-state index is 5.65. The Morgan fingerprint density at radius 2 is 0.812 bits per heavy atom. The number of rotatable bonds is 17. The molecule has 2 heterocycles. The molecule has 32 heavy (non-hydrogen) atoms. The molecule has 2 atom stereocenters. The highest BCUT2D eigenvalue weighted by Crippen LogP contribution is 2.20. The van der Waals surface area contributed by atoms with Crippen molar-refractivity contribution in [3.8, 4) is 23.0 Å². The van der Waals surface area contributed by atoms with Crippen LogP contribution >= 0.6 is 0 Å². The van der Waals surface area contributed by atoms with Crippen molar-refractivity contribution in [1.82, 2.24) is 0 Å². The lowest BCUT2D eigenvalue weighted by Gasteiger charge is -2.10. The Kier molecular flexibility index (Phi) is 8.85. The molecule has 4 rings (SSSR count). The highest BCUT2D eigenvalue weighted by molar-refractivity contribution is 5.32. The topological polar surface area (TPSA) is 80.4 Å². The van der Waals surface area contributed by atoms with Crippen LogP contribution in [0.2, 0.25) is 0 Å². The molecule has 2 saturated heterocycles. The molecule has 8 heteroatoms. The largest absolute Gasteiger partial charge is 0.491 e. The van der Waals surface area contributed by atoms with E-state index >= 15 is 0 Å². The first-order chi connectivity index (χ1) is 15.8. The first-order valence-electron chi connectivity index (χ1n) is 11.0. The van der Waals surface area contributed by atoms with E-state index in [-0.39, 0.29) is 12.2 Å². The first kappa shape index (κ1) is 22.7. The van der Waals surface area contributed by atoms with E-state index in [4.69, 9.17) is 37.9 Å². The van der Waals surface area contributed by atoms with Gasteiger partial charge in [0.05, 0.1) is 39.6 Å². The van der Waals surface area contributed by atoms with Gasteiger partial charge < -0.3 is 37.9 Å². The fourth-order valence-corrected chi connectivity index (χ4v) is 2.73. The number of epoxide rings is 2. The molecular weight excluding hydrogens is 416 g/mol. The highest BCUT2D eigenvalue weighted by Gasteiger charge is 2.23. The summed E-state index contributed by atoms with van der Waals surface area (Å²) in [6, 6.07) is 15.1. The highest BCUT2D eigenvalue weighted by atomic mass is 16.6. The minimum absolute atomic E-state index is 0.255. The lowest BCUT2D eigenvalue weighted by Crippen LogP contribution is -2.13. The Balaban J connectivity index is 0.947. The molecule has 2 aliphatic heterocycles. The number of hydrogen-bond acceptors (Lipinski definition) is 8. The second-order valence-corrected chi connectivity index (χ2v) is 7.40. The number of hydrogen-bond donors (Lipinski definition) is 0. The van der Waals surface area contributed by atoms with Crippen LogP contribution < -0.4 is 18.9 Å². The van der Waals surface area contributed by atoms with Crippen molar-refractivity contribution in [3.05, 3.63) is 48.5 Å². The van der Waals surface area contributed by atoms with E-state index in [2.05, 4.69) is 0 Å². The Hall–Kier alpha value is -2.52. The molecule has 0 saturated carbocycles. The van der Waals surface area contributed by atoms with Gasteiger partial charge in [0.2, 0.25) is 0 Å². The third-order valence-corrected chi connectivity index (χ3v) is 4.69. The zero-order chi connectivity index (χ0) is 21.8. The summed E-state index contributed by atoms with van der Waals surface area (Å²) in [5.74, 6) is 3.20. The molecule has 2 fully saturated rings. The standard InChI is InChI=1S/C24H30O8/c1-5-21(29-15-23-17-31-23)6-2-19(1)27-13-11-25-9-10-26-12-14-28-20-3-7-22(8-4-20)30-16-24-18-32-24/h1-8,23-24H,9-18H2. The minimum atomic E-state index is 0.255. The lowest BCUT2D eigenvalue weighted by atomic mass is 10.3. The molecule has 2 aliphatic rings. The van der Waals surface area contributed by atoms with Crippen LogP contribution in [0.15, 0.2) is 48.5 Å². The van der Waals surface area contributed by atoms with E-state index < -0.39 is 0 Å². The van der Waals surface area contributed by atoms with E-state index in [9.17, 15) is 0 Å². The molecule has 0 amide bonds. The molecule has 0 aliphatic carbocycles. The molecule has 0 bridgehead atoms. The second-order valence-electron chi connectivity index (χ2n) is 7.40. The predicted octanol–water partition coefficient (Wildman–Crippen LogP) is 2.73. The molecule has 2 aromatic carbocycles. The van der Waals surface area contributed by atoms with Gasteiger partial charge in [-0.3, -0.25) is 0 Å². The Morgan fingerprint density at radius 3 is 1.16 bits per heavy atom. The molecule has 0 N–H and O–H groups in total. The van der Waals surface area contributed by atoms with Gasteiger partial charge in [0, 0.05) is 0 Å². The van der Waals surface area contributed by atoms with Crippen molar-refractivity contribution >= 4 is 0 Å². The van der Waals surface area contributed by atoms with Crippen molar-refractivity contribution in [3.63, 3.8) is 0 Å². The van der Waals surface area contributed by atoms with Crippen LogP contribution in [0.5, 0.6) is 23.0 Å². The summed E-state index contributed by atoms with van der Waals surface area (Å²) >= 11 is 0. The van der Waals surface area contributed by atoms with Crippen molar-refractivity contribution in [2.24, 2.45) is 0 Å². The summed E-state index contributed by atoms with van der Waals surface area (Å²) in [4.78, 5) is 0. The van der Waals surface area contributed by atoms with Gasteiger partial charge in [-0.15, -0.1) is 0 Å². The zero-order valence-electron chi connectivity index (χ0n) is 18.1. The summed E-state index contributed by atoms with van der Waals surface area (Å²) in [6.07, 6.45) is 0.509. The summed E-state index contributed by atoms with van der Waals surface area (Å²) in [5.41, 5.74) is 0. The summed E-state index contributed by atoms with van der Waals surface area (Å²) < 4.78 is 43.8. The van der Waals surface area contributed by atoms with Crippen molar-refractivity contribution < 1.29 is 37.9 Å². The summed E-state index contributed by atoms with van der Waals surface area (Å²) in [5, 5.41) is 0. The maximum atomic E-state index is 5.65. The quantitative estimate of drug-likeness (QED) is 0.271. The van der Waals surface area contributed by atoms with E-state index in [1.54, 1.807) is 0 Å². The van der Waals surface area contributed by atoms with Crippen molar-refractivity contribution in [2.45, 2.75) is 12.2 Å². The van der Waals surface area contributed by atoms with Crippen LogP contribution in [0.25, 0.3) is 0 Å². The van der Waals surface area contributed by atoms with E-state index in [1.165, 1.54) is 0 Å². The predicted molar refractivity (Wildman–Crippen MR) is 116 cm³/mol. The molecule has 2 unspecified atom stereocenters. The fourth-order valence-electron chi connectivity index (χ4n) is 2.73. The fraction of sp³-hybridized carbons (Fsp3) is 0.500. The Bertz CT molecular complexity index is 704. The maximum Gasteiger partial charge on any atom is 0.119 e. The third-order valence-electron chi connectivity index (χ3n) is 4.69. The van der Waals surface area contributed by atoms with Crippen LogP contribution in [0.4, 0.5) is 0 Å². The van der Waals surface area contributed by atoms with Gasteiger partial charge in [0.15, 0.2) is 0 Å². The third kappa shape index (κ3) is 8.92. The van der Waals surface area contributed by atoms with Crippen LogP contribution in [0, 0.1) is 0 Å². The average molecular weight is 446 g/mol. The van der Waals surface area contributed by atoms with Crippen LogP contribution in [0.1, 0.15) is 0 Å². The molecule has 2 aromatic rings. The smallest absolute Gasteiger partial charge is 0.119 e. The molecule has 174 valence electrons. The Labute approximate surface area is 188 Å². The number of benzene rings is 2. The van der Waals surface area contributed by atoms with E-state index in [0.29, 0.717) is 52.9 Å². The lowest BCUT2D eigenvalue weighted by molar-refractivity contribution is 0.0273. The summed E-state index contributed by atoms with van der Waals surface area (Å²) in [7, 11) is 0. The van der Waals surface area contributed by atoms with Gasteiger partial charge in [-0.2, -0.15) is 0 Å². The van der Waals surface area contributed by atoms with Crippen molar-refractivity contribution in [2.75, 3.05) is 66.1 Å². The van der Waals surface area contributed by atoms with Gasteiger partial charge in [-0.05, 0) is 48.5 Å². The molecule has 0 spiro atoms. The van der Waals surface area contributed by atoms with Crippen LogP contribution in [0.3, 0.4) is 0 Å². The van der Waals surface area contributed by atoms with Gasteiger partial charge in [-0.1, -0.05) is 0 Å². The van der Waals surface area contributed by atoms with Gasteiger partial charge >= 0.3 is 0 Å². The molecule has 0 radical (unpaired) electrons. The summed E-state index contributed by atoms with van der Waals surface area (Å²) in [6.45, 7) is 5.76. The van der Waals surface area contributed by atoms with Gasteiger partial charge in [-0.25, -0.2) is 0 Å². The number of ether oxygens (including phenoxy) is 8. The van der Waals surface area contributed by atoms with E-state index in [1.807, 2.05) is 48.5 Å². The molecule has 0 aromatic heterocycles.